The third-order valence-corrected chi connectivity index (χ3v) is 14.2. The average molecular weight is 858 g/mol. The number of fused-ring (bicyclic) bond motifs is 1. The molecule has 22 heteroatoms. The predicted molar refractivity (Wildman–Crippen MR) is 209 cm³/mol. The molecule has 1 fully saturated rings. The van der Waals surface area contributed by atoms with Crippen LogP contribution in [0, 0.1) is 6.92 Å². The number of aliphatic hydroxyl groups is 2. The number of hydrogen-bond acceptors (Lipinski definition) is 15. The summed E-state index contributed by atoms with van der Waals surface area (Å²) in [6.07, 6.45) is 0. The van der Waals surface area contributed by atoms with Crippen LogP contribution in [0.25, 0.3) is 11.3 Å². The molecule has 2 aliphatic heterocycles. The molecule has 3 amide bonds. The standard InChI is InChI=1S/C35H35N7O11S4/c1-18-39-40-35(56-18)55-17-21-16-54-33-27(32(49)42(33)28(21)34(50)51)38-31(48)26(20-2-6-22(45)7-3-20)37-30(47)24-10-11-25(36-29(24)46)19-4-8-23(9-5-19)57(52,53)41(12-14-43)13-15-44/h2-11,26-27,33,43-45H,12-17H2,1H3,(H,36,46)(H,37,47)(H,38,48)(H,50,51)/t26-,27?,33-/m1/s1. The summed E-state index contributed by atoms with van der Waals surface area (Å²) in [5, 5.41) is 51.6. The van der Waals surface area contributed by atoms with E-state index < -0.39 is 69.9 Å². The summed E-state index contributed by atoms with van der Waals surface area (Å²) in [4.78, 5) is 70.0. The Morgan fingerprint density at radius 3 is 2.30 bits per heavy atom. The SMILES string of the molecule is Cc1nnc(SCC2=C(C(=O)O)N3C(=O)C(NC(=O)[C@H](NC(=O)c4ccc(-c5ccc(S(=O)(=O)N(CCO)CCO)cc5)[nH]c4=O)c4ccc(O)cc4)[C@H]3SC2)s1. The van der Waals surface area contributed by atoms with Gasteiger partial charge >= 0.3 is 5.97 Å². The Morgan fingerprint density at radius 1 is 1.02 bits per heavy atom. The molecule has 6 rings (SSSR count). The summed E-state index contributed by atoms with van der Waals surface area (Å²) in [5.74, 6) is -3.34. The van der Waals surface area contributed by atoms with Gasteiger partial charge in [-0.25, -0.2) is 13.2 Å². The maximum Gasteiger partial charge on any atom is 0.352 e. The molecular weight excluding hydrogens is 823 g/mol. The molecule has 4 heterocycles. The Balaban J connectivity index is 1.17. The van der Waals surface area contributed by atoms with Crippen molar-refractivity contribution in [3.63, 3.8) is 0 Å². The van der Waals surface area contributed by atoms with Crippen molar-refractivity contribution in [2.75, 3.05) is 37.8 Å². The van der Waals surface area contributed by atoms with E-state index in [1.165, 1.54) is 95.5 Å². The minimum atomic E-state index is -4.04. The third kappa shape index (κ3) is 8.91. The molecule has 1 saturated heterocycles. The number of aryl methyl sites for hydroxylation is 1. The van der Waals surface area contributed by atoms with Gasteiger partial charge in [-0.15, -0.1) is 22.0 Å². The Kier molecular flexibility index (Phi) is 12.8. The van der Waals surface area contributed by atoms with Gasteiger partial charge in [-0.2, -0.15) is 4.31 Å². The van der Waals surface area contributed by atoms with Gasteiger partial charge < -0.3 is 36.0 Å². The molecule has 0 saturated carbocycles. The molecule has 4 aromatic rings. The van der Waals surface area contributed by atoms with E-state index in [0.29, 0.717) is 15.5 Å². The predicted octanol–water partition coefficient (Wildman–Crippen LogP) is 0.885. The highest BCUT2D eigenvalue weighted by molar-refractivity contribution is 8.01. The number of nitrogens with zero attached hydrogens (tertiary/aromatic N) is 4. The van der Waals surface area contributed by atoms with E-state index >= 15 is 0 Å². The van der Waals surface area contributed by atoms with Crippen LogP contribution in [0.1, 0.15) is 27.0 Å². The fraction of sp³-hybridized carbons (Fsp3) is 0.286. The van der Waals surface area contributed by atoms with Gasteiger partial charge in [0.05, 0.1) is 18.1 Å². The topological polar surface area (TPSA) is 273 Å². The Bertz CT molecular complexity index is 2380. The lowest BCUT2D eigenvalue weighted by Gasteiger charge is -2.49. The smallest absolute Gasteiger partial charge is 0.352 e. The maximum atomic E-state index is 13.8. The van der Waals surface area contributed by atoms with E-state index in [-0.39, 0.29) is 57.8 Å². The third-order valence-electron chi connectivity index (χ3n) is 8.85. The van der Waals surface area contributed by atoms with Crippen molar-refractivity contribution in [2.24, 2.45) is 0 Å². The van der Waals surface area contributed by atoms with Gasteiger partial charge in [0.25, 0.3) is 17.4 Å². The number of amides is 3. The van der Waals surface area contributed by atoms with Crippen molar-refractivity contribution < 1.29 is 48.0 Å². The van der Waals surface area contributed by atoms with E-state index in [9.17, 15) is 52.8 Å². The zero-order valence-electron chi connectivity index (χ0n) is 29.8. The molecule has 300 valence electrons. The highest BCUT2D eigenvalue weighted by atomic mass is 32.2. The lowest BCUT2D eigenvalue weighted by atomic mass is 10.0. The normalized spacial score (nSPS) is 17.2. The van der Waals surface area contributed by atoms with E-state index in [4.69, 9.17) is 0 Å². The number of carboxylic acids is 1. The first kappa shape index (κ1) is 41.5. The summed E-state index contributed by atoms with van der Waals surface area (Å²) in [6, 6.07) is 10.8. The maximum absolute atomic E-state index is 13.8. The number of sulfonamides is 1. The van der Waals surface area contributed by atoms with Crippen molar-refractivity contribution in [1.82, 2.24) is 35.0 Å². The minimum absolute atomic E-state index is 0.110. The second-order valence-corrected chi connectivity index (χ2v) is 18.0. The number of nitrogens with one attached hydrogen (secondary N) is 3. The molecule has 0 spiro atoms. The van der Waals surface area contributed by atoms with Gasteiger partial charge in [-0.3, -0.25) is 24.1 Å². The summed E-state index contributed by atoms with van der Waals surface area (Å²) >= 11 is 3.94. The van der Waals surface area contributed by atoms with Gasteiger partial charge in [0.1, 0.15) is 39.5 Å². The first-order chi connectivity index (χ1) is 27.2. The number of benzene rings is 2. The highest BCUT2D eigenvalue weighted by Gasteiger charge is 2.54. The first-order valence-corrected chi connectivity index (χ1v) is 21.3. The number of aromatic hydroxyl groups is 1. The fourth-order valence-corrected chi connectivity index (χ4v) is 10.8. The van der Waals surface area contributed by atoms with Gasteiger partial charge in [0, 0.05) is 30.3 Å². The molecule has 3 atom stereocenters. The molecule has 0 radical (unpaired) electrons. The lowest BCUT2D eigenvalue weighted by molar-refractivity contribution is -0.151. The Morgan fingerprint density at radius 2 is 1.70 bits per heavy atom. The number of β-lactam (4-membered cyclic amide) rings is 1. The van der Waals surface area contributed by atoms with Gasteiger partial charge in [0.2, 0.25) is 15.9 Å². The van der Waals surface area contributed by atoms with Crippen LogP contribution in [0.2, 0.25) is 0 Å². The summed E-state index contributed by atoms with van der Waals surface area (Å²) in [7, 11) is -4.04. The second-order valence-electron chi connectivity index (χ2n) is 12.5. The summed E-state index contributed by atoms with van der Waals surface area (Å²) in [5.41, 5.74) is -0.0368. The lowest BCUT2D eigenvalue weighted by Crippen LogP contribution is -2.71. The molecule has 18 nitrogen and oxygen atoms in total. The number of carbonyl (C=O) groups excluding carboxylic acids is 3. The van der Waals surface area contributed by atoms with Crippen molar-refractivity contribution in [2.45, 2.75) is 33.6 Å². The molecule has 2 aromatic carbocycles. The van der Waals surface area contributed by atoms with E-state index in [2.05, 4.69) is 25.8 Å². The van der Waals surface area contributed by atoms with Crippen LogP contribution in [-0.4, -0.2) is 126 Å². The largest absolute Gasteiger partial charge is 0.508 e. The molecule has 7 N–H and O–H groups in total. The molecule has 1 unspecified atom stereocenters. The van der Waals surface area contributed by atoms with Crippen LogP contribution in [0.3, 0.4) is 0 Å². The number of H-pyrrole nitrogens is 1. The quantitative estimate of drug-likeness (QED) is 0.0609. The molecule has 57 heavy (non-hydrogen) atoms. The number of thioether (sulfide) groups is 2. The second kappa shape index (κ2) is 17.6. The number of hydrogen-bond donors (Lipinski definition) is 7. The zero-order valence-corrected chi connectivity index (χ0v) is 33.1. The average Bonchev–Trinajstić information content (AvgIpc) is 3.62. The van der Waals surface area contributed by atoms with Gasteiger partial charge in [0.15, 0.2) is 4.34 Å². The number of phenolic OH excluding ortho intramolecular Hbond substituents is 1. The highest BCUT2D eigenvalue weighted by Crippen LogP contribution is 2.42. The number of aromatic nitrogens is 3. The fourth-order valence-electron chi connectivity index (χ4n) is 6.04. The molecule has 2 aromatic heterocycles. The van der Waals surface area contributed by atoms with Crippen LogP contribution in [0.5, 0.6) is 5.75 Å². The number of carboxylic acid groups (broad SMARTS) is 1. The summed E-state index contributed by atoms with van der Waals surface area (Å²) < 4.78 is 27.5. The van der Waals surface area contributed by atoms with Crippen molar-refractivity contribution in [1.29, 1.82) is 0 Å². The van der Waals surface area contributed by atoms with Crippen LogP contribution in [0.15, 0.2) is 86.0 Å². The van der Waals surface area contributed by atoms with E-state index in [1.807, 2.05) is 0 Å². The number of carbonyl (C=O) groups is 4. The van der Waals surface area contributed by atoms with Crippen LogP contribution < -0.4 is 16.2 Å². The summed E-state index contributed by atoms with van der Waals surface area (Å²) in [6.45, 7) is 0.476. The van der Waals surface area contributed by atoms with E-state index in [1.54, 1.807) is 6.92 Å². The monoisotopic (exact) mass is 857 g/mol. The minimum Gasteiger partial charge on any atom is -0.508 e. The van der Waals surface area contributed by atoms with Crippen LogP contribution >= 0.6 is 34.9 Å². The van der Waals surface area contributed by atoms with Gasteiger partial charge in [-0.1, -0.05) is 47.4 Å². The number of aliphatic hydroxyl groups excluding tert-OH is 2. The van der Waals surface area contributed by atoms with Gasteiger partial charge in [-0.05, 0) is 60.0 Å². The van der Waals surface area contributed by atoms with Crippen LogP contribution in [0.4, 0.5) is 0 Å². The number of phenols is 1. The molecule has 0 aliphatic carbocycles. The number of pyridine rings is 1. The first-order valence-electron chi connectivity index (χ1n) is 17.0. The number of rotatable bonds is 16. The molecule has 2 aliphatic rings. The van der Waals surface area contributed by atoms with E-state index in [0.717, 1.165) is 14.2 Å². The Labute approximate surface area is 337 Å². The van der Waals surface area contributed by atoms with Crippen molar-refractivity contribution >= 4 is 68.6 Å². The molecule has 0 bridgehead atoms. The number of aliphatic carboxylic acids is 1. The molecular formula is C35H35N7O11S4. The van der Waals surface area contributed by atoms with Crippen molar-refractivity contribution in [3.05, 3.63) is 98.4 Å². The number of aromatic amines is 1. The van der Waals surface area contributed by atoms with Crippen LogP contribution in [-0.2, 0) is 24.4 Å². The Hall–Kier alpha value is -5.10. The van der Waals surface area contributed by atoms with Crippen molar-refractivity contribution in [3.8, 4) is 17.0 Å². The zero-order chi connectivity index (χ0) is 41.0.